The Kier molecular flexibility index (Phi) is 5.25. The lowest BCUT2D eigenvalue weighted by Gasteiger charge is -2.32. The summed E-state index contributed by atoms with van der Waals surface area (Å²) in [7, 11) is 0. The van der Waals surface area contributed by atoms with Crippen molar-refractivity contribution in [1.82, 2.24) is 5.32 Å². The first-order valence-corrected chi connectivity index (χ1v) is 8.38. The molecule has 0 unspecified atom stereocenters. The van der Waals surface area contributed by atoms with Gasteiger partial charge in [-0.3, -0.25) is 0 Å². The number of rotatable bonds is 5. The zero-order valence-corrected chi connectivity index (χ0v) is 13.0. The summed E-state index contributed by atoms with van der Waals surface area (Å²) in [6.07, 6.45) is 5.83. The molecule has 1 aliphatic rings. The van der Waals surface area contributed by atoms with Crippen molar-refractivity contribution in [3.05, 3.63) is 71.8 Å². The number of hydrogen-bond acceptors (Lipinski definition) is 2. The topological polar surface area (TPSA) is 32.3 Å². The second kappa shape index (κ2) is 7.57. The van der Waals surface area contributed by atoms with E-state index in [1.807, 2.05) is 48.5 Å². The summed E-state index contributed by atoms with van der Waals surface area (Å²) < 4.78 is 0. The smallest absolute Gasteiger partial charge is 0.0984 e. The molecular weight excluding hydrogens is 270 g/mol. The quantitative estimate of drug-likeness (QED) is 0.857. The second-order valence-electron chi connectivity index (χ2n) is 6.25. The van der Waals surface area contributed by atoms with Crippen LogP contribution in [0.5, 0.6) is 0 Å². The molecule has 1 fully saturated rings. The lowest BCUT2D eigenvalue weighted by atomic mass is 9.91. The molecule has 2 nitrogen and oxygen atoms in total. The normalized spacial score (nSPS) is 18.8. The lowest BCUT2D eigenvalue weighted by molar-refractivity contribution is 0.117. The van der Waals surface area contributed by atoms with Gasteiger partial charge in [-0.15, -0.1) is 0 Å². The van der Waals surface area contributed by atoms with Gasteiger partial charge in [-0.2, -0.15) is 0 Å². The molecule has 0 aliphatic heterocycles. The highest BCUT2D eigenvalue weighted by atomic mass is 16.3. The molecule has 0 saturated heterocycles. The van der Waals surface area contributed by atoms with Crippen LogP contribution in [0.15, 0.2) is 60.7 Å². The third kappa shape index (κ3) is 3.76. The average Bonchev–Trinajstić information content (AvgIpc) is 2.61. The van der Waals surface area contributed by atoms with Gasteiger partial charge in [-0.05, 0) is 24.0 Å². The highest BCUT2D eigenvalue weighted by Gasteiger charge is 2.26. The Morgan fingerprint density at radius 3 is 1.91 bits per heavy atom. The van der Waals surface area contributed by atoms with Gasteiger partial charge < -0.3 is 10.4 Å². The lowest BCUT2D eigenvalue weighted by Crippen LogP contribution is -2.37. The first-order valence-electron chi connectivity index (χ1n) is 8.38. The van der Waals surface area contributed by atoms with Gasteiger partial charge in [0.05, 0.1) is 12.1 Å². The van der Waals surface area contributed by atoms with E-state index in [0.717, 1.165) is 11.1 Å². The van der Waals surface area contributed by atoms with Gasteiger partial charge >= 0.3 is 0 Å². The summed E-state index contributed by atoms with van der Waals surface area (Å²) in [6.45, 7) is 0. The van der Waals surface area contributed by atoms with E-state index in [2.05, 4.69) is 17.4 Å². The van der Waals surface area contributed by atoms with Crippen molar-refractivity contribution >= 4 is 0 Å². The number of aliphatic hydroxyl groups is 1. The van der Waals surface area contributed by atoms with E-state index in [4.69, 9.17) is 0 Å². The van der Waals surface area contributed by atoms with Crippen LogP contribution in [0.3, 0.4) is 0 Å². The number of nitrogens with one attached hydrogen (secondary N) is 1. The van der Waals surface area contributed by atoms with Gasteiger partial charge in [0.1, 0.15) is 0 Å². The number of benzene rings is 2. The molecule has 0 radical (unpaired) electrons. The maximum atomic E-state index is 10.9. The summed E-state index contributed by atoms with van der Waals surface area (Å²) in [4.78, 5) is 0. The molecule has 2 heteroatoms. The van der Waals surface area contributed by atoms with Crippen molar-refractivity contribution in [1.29, 1.82) is 0 Å². The van der Waals surface area contributed by atoms with Crippen LogP contribution in [-0.2, 0) is 0 Å². The molecule has 0 aromatic heterocycles. The van der Waals surface area contributed by atoms with Crippen LogP contribution < -0.4 is 5.32 Å². The van der Waals surface area contributed by atoms with Crippen molar-refractivity contribution in [3.63, 3.8) is 0 Å². The minimum absolute atomic E-state index is 0.0494. The summed E-state index contributed by atoms with van der Waals surface area (Å²) in [5, 5.41) is 14.6. The fourth-order valence-corrected chi connectivity index (χ4v) is 3.40. The number of aliphatic hydroxyl groups excluding tert-OH is 1. The maximum absolute atomic E-state index is 10.9. The van der Waals surface area contributed by atoms with Crippen molar-refractivity contribution < 1.29 is 5.11 Å². The van der Waals surface area contributed by atoms with E-state index in [0.29, 0.717) is 6.04 Å². The first-order chi connectivity index (χ1) is 10.8. The molecule has 2 atom stereocenters. The molecule has 0 heterocycles. The molecule has 2 aromatic carbocycles. The largest absolute Gasteiger partial charge is 0.386 e. The van der Waals surface area contributed by atoms with Crippen LogP contribution in [0.2, 0.25) is 0 Å². The Bertz CT molecular complexity index is 548. The molecule has 1 aliphatic carbocycles. The molecule has 0 bridgehead atoms. The monoisotopic (exact) mass is 295 g/mol. The van der Waals surface area contributed by atoms with Crippen molar-refractivity contribution in [3.8, 4) is 0 Å². The van der Waals surface area contributed by atoms with Crippen LogP contribution >= 0.6 is 0 Å². The van der Waals surface area contributed by atoms with E-state index in [1.165, 1.54) is 32.1 Å². The third-order valence-electron chi connectivity index (χ3n) is 4.64. The SMILES string of the molecule is O[C@H](c1ccccc1)[C@H](NC1CCCCC1)c1ccccc1. The maximum Gasteiger partial charge on any atom is 0.0984 e. The molecule has 0 spiro atoms. The fourth-order valence-electron chi connectivity index (χ4n) is 3.40. The van der Waals surface area contributed by atoms with E-state index >= 15 is 0 Å². The van der Waals surface area contributed by atoms with Crippen LogP contribution in [0, 0.1) is 0 Å². The summed E-state index contributed by atoms with van der Waals surface area (Å²) >= 11 is 0. The summed E-state index contributed by atoms with van der Waals surface area (Å²) in [6, 6.07) is 20.8. The molecule has 3 rings (SSSR count). The van der Waals surface area contributed by atoms with Gasteiger partial charge in [0.25, 0.3) is 0 Å². The standard InChI is InChI=1S/C20H25NO/c22-20(17-12-6-2-7-13-17)19(16-10-4-1-5-11-16)21-18-14-8-3-9-15-18/h1-2,4-7,10-13,18-22H,3,8-9,14-15H2/t19-,20-/m1/s1. The predicted molar refractivity (Wildman–Crippen MR) is 90.6 cm³/mol. The van der Waals surface area contributed by atoms with Gasteiger partial charge in [0.2, 0.25) is 0 Å². The molecule has 2 N–H and O–H groups in total. The average molecular weight is 295 g/mol. The van der Waals surface area contributed by atoms with Crippen LogP contribution in [0.4, 0.5) is 0 Å². The van der Waals surface area contributed by atoms with Crippen molar-refractivity contribution in [2.24, 2.45) is 0 Å². The van der Waals surface area contributed by atoms with Crippen LogP contribution in [0.25, 0.3) is 0 Å². The Hall–Kier alpha value is -1.64. The fraction of sp³-hybridized carbons (Fsp3) is 0.400. The highest BCUT2D eigenvalue weighted by Crippen LogP contribution is 2.31. The van der Waals surface area contributed by atoms with Gasteiger partial charge in [-0.25, -0.2) is 0 Å². The molecule has 22 heavy (non-hydrogen) atoms. The Morgan fingerprint density at radius 1 is 0.773 bits per heavy atom. The third-order valence-corrected chi connectivity index (χ3v) is 4.64. The molecule has 0 amide bonds. The van der Waals surface area contributed by atoms with Gasteiger partial charge in [0.15, 0.2) is 0 Å². The minimum Gasteiger partial charge on any atom is -0.386 e. The number of hydrogen-bond donors (Lipinski definition) is 2. The molecule has 2 aromatic rings. The van der Waals surface area contributed by atoms with Crippen molar-refractivity contribution in [2.45, 2.75) is 50.3 Å². The van der Waals surface area contributed by atoms with Crippen molar-refractivity contribution in [2.75, 3.05) is 0 Å². The Balaban J connectivity index is 1.82. The zero-order chi connectivity index (χ0) is 15.2. The summed E-state index contributed by atoms with van der Waals surface area (Å²) in [5.41, 5.74) is 2.13. The van der Waals surface area contributed by atoms with E-state index in [9.17, 15) is 5.11 Å². The minimum atomic E-state index is -0.523. The van der Waals surface area contributed by atoms with E-state index in [1.54, 1.807) is 0 Å². The van der Waals surface area contributed by atoms with Gasteiger partial charge in [0, 0.05) is 6.04 Å². The Labute approximate surface area is 133 Å². The first kappa shape index (κ1) is 15.3. The molecular formula is C20H25NO. The predicted octanol–water partition coefficient (Wildman–Crippen LogP) is 4.38. The van der Waals surface area contributed by atoms with Crippen LogP contribution in [-0.4, -0.2) is 11.1 Å². The zero-order valence-electron chi connectivity index (χ0n) is 13.0. The van der Waals surface area contributed by atoms with Gasteiger partial charge in [-0.1, -0.05) is 79.9 Å². The van der Waals surface area contributed by atoms with Crippen LogP contribution in [0.1, 0.15) is 55.4 Å². The molecule has 1 saturated carbocycles. The second-order valence-corrected chi connectivity index (χ2v) is 6.25. The van der Waals surface area contributed by atoms with E-state index in [-0.39, 0.29) is 6.04 Å². The molecule has 116 valence electrons. The summed E-state index contributed by atoms with van der Waals surface area (Å²) in [5.74, 6) is 0. The Morgan fingerprint density at radius 2 is 1.32 bits per heavy atom. The van der Waals surface area contributed by atoms with E-state index < -0.39 is 6.10 Å². The highest BCUT2D eigenvalue weighted by molar-refractivity contribution is 5.26.